The number of carbonyl (C=O) groups excluding carboxylic acids is 1. The van der Waals surface area contributed by atoms with Crippen molar-refractivity contribution in [1.82, 2.24) is 4.98 Å². The molecule has 0 amide bonds. The van der Waals surface area contributed by atoms with Crippen molar-refractivity contribution >= 4 is 27.2 Å². The molecular weight excluding hydrogens is 410 g/mol. The fourth-order valence-electron chi connectivity index (χ4n) is 3.55. The highest BCUT2D eigenvalue weighted by molar-refractivity contribution is 7.21. The van der Waals surface area contributed by atoms with Crippen molar-refractivity contribution in [2.24, 2.45) is 0 Å². The molecule has 2 aromatic heterocycles. The molecule has 3 aromatic carbocycles. The van der Waals surface area contributed by atoms with Gasteiger partial charge >= 0.3 is 0 Å². The number of aromatic nitrogens is 1. The molecule has 0 spiro atoms. The SMILES string of the molecule is Cc1ccc(C(=O)c2sc3cc(O)ccc3c2-c2ccc(-c3nc(O)co3)cc2)cc1. The van der Waals surface area contributed by atoms with Crippen LogP contribution in [0.2, 0.25) is 0 Å². The van der Waals surface area contributed by atoms with Crippen molar-refractivity contribution in [2.45, 2.75) is 6.92 Å². The molecule has 31 heavy (non-hydrogen) atoms. The van der Waals surface area contributed by atoms with Crippen LogP contribution in [0.5, 0.6) is 11.6 Å². The quantitative estimate of drug-likeness (QED) is 0.335. The van der Waals surface area contributed by atoms with Crippen LogP contribution in [0.4, 0.5) is 0 Å². The normalized spacial score (nSPS) is 11.1. The number of benzene rings is 3. The van der Waals surface area contributed by atoms with Crippen molar-refractivity contribution in [3.05, 3.63) is 89.0 Å². The number of carbonyl (C=O) groups is 1. The van der Waals surface area contributed by atoms with Crippen LogP contribution in [-0.4, -0.2) is 21.0 Å². The smallest absolute Gasteiger partial charge is 0.250 e. The Morgan fingerprint density at radius 3 is 2.32 bits per heavy atom. The number of hydrogen-bond donors (Lipinski definition) is 2. The summed E-state index contributed by atoms with van der Waals surface area (Å²) in [6.45, 7) is 1.98. The largest absolute Gasteiger partial charge is 0.508 e. The molecule has 2 N–H and O–H groups in total. The van der Waals surface area contributed by atoms with Gasteiger partial charge in [0.1, 0.15) is 5.75 Å². The molecule has 5 nitrogen and oxygen atoms in total. The van der Waals surface area contributed by atoms with Gasteiger partial charge in [-0.2, -0.15) is 4.98 Å². The van der Waals surface area contributed by atoms with E-state index in [1.165, 1.54) is 17.6 Å². The van der Waals surface area contributed by atoms with Gasteiger partial charge in [0, 0.05) is 26.8 Å². The molecule has 0 bridgehead atoms. The van der Waals surface area contributed by atoms with Crippen molar-refractivity contribution in [1.29, 1.82) is 0 Å². The van der Waals surface area contributed by atoms with Gasteiger partial charge in [-0.15, -0.1) is 11.3 Å². The van der Waals surface area contributed by atoms with Gasteiger partial charge in [0.05, 0.1) is 4.88 Å². The van der Waals surface area contributed by atoms with Gasteiger partial charge in [0.2, 0.25) is 11.7 Å². The van der Waals surface area contributed by atoms with Gasteiger partial charge < -0.3 is 14.6 Å². The Labute approximate surface area is 181 Å². The summed E-state index contributed by atoms with van der Waals surface area (Å²) in [4.78, 5) is 17.9. The van der Waals surface area contributed by atoms with E-state index in [1.807, 2.05) is 61.5 Å². The third-order valence-corrected chi connectivity index (χ3v) is 6.26. The third kappa shape index (κ3) is 3.47. The first kappa shape index (κ1) is 19.1. The Balaban J connectivity index is 1.65. The minimum absolute atomic E-state index is 0.0580. The minimum Gasteiger partial charge on any atom is -0.508 e. The zero-order valence-electron chi connectivity index (χ0n) is 16.5. The number of phenolic OH excluding ortho intramolecular Hbond substituents is 1. The number of rotatable bonds is 4. The van der Waals surface area contributed by atoms with E-state index in [-0.39, 0.29) is 17.4 Å². The third-order valence-electron chi connectivity index (χ3n) is 5.11. The highest BCUT2D eigenvalue weighted by Crippen LogP contribution is 2.41. The summed E-state index contributed by atoms with van der Waals surface area (Å²) in [6, 6.07) is 20.1. The number of ketones is 1. The average Bonchev–Trinajstić information content (AvgIpc) is 3.37. The Kier molecular flexibility index (Phi) is 4.56. The molecule has 0 aliphatic rings. The minimum atomic E-state index is -0.173. The lowest BCUT2D eigenvalue weighted by Crippen LogP contribution is -2.00. The Hall–Kier alpha value is -3.90. The van der Waals surface area contributed by atoms with Crippen LogP contribution in [-0.2, 0) is 0 Å². The lowest BCUT2D eigenvalue weighted by atomic mass is 9.97. The van der Waals surface area contributed by atoms with Gasteiger partial charge in [-0.25, -0.2) is 0 Å². The first-order chi connectivity index (χ1) is 15.0. The van der Waals surface area contributed by atoms with Gasteiger partial charge in [0.25, 0.3) is 5.88 Å². The first-order valence-corrected chi connectivity index (χ1v) is 10.4. The van der Waals surface area contributed by atoms with Gasteiger partial charge in [-0.3, -0.25) is 4.79 Å². The maximum Gasteiger partial charge on any atom is 0.250 e. The number of nitrogens with zero attached hydrogens (tertiary/aromatic N) is 1. The summed E-state index contributed by atoms with van der Waals surface area (Å²) in [5.74, 6) is 0.250. The molecule has 0 saturated carbocycles. The van der Waals surface area contributed by atoms with E-state index in [0.717, 1.165) is 26.8 Å². The van der Waals surface area contributed by atoms with Crippen molar-refractivity contribution < 1.29 is 19.4 Å². The van der Waals surface area contributed by atoms with Gasteiger partial charge in [-0.1, -0.05) is 42.0 Å². The summed E-state index contributed by atoms with van der Waals surface area (Å²) >= 11 is 1.37. The Morgan fingerprint density at radius 1 is 0.935 bits per heavy atom. The van der Waals surface area contributed by atoms with E-state index in [4.69, 9.17) is 4.42 Å². The molecule has 0 saturated heterocycles. The predicted octanol–water partition coefficient (Wildman–Crippen LogP) is 6.17. The molecule has 2 heterocycles. The van der Waals surface area contributed by atoms with Crippen molar-refractivity contribution in [2.75, 3.05) is 0 Å². The molecule has 0 unspecified atom stereocenters. The summed E-state index contributed by atoms with van der Waals surface area (Å²) in [7, 11) is 0. The monoisotopic (exact) mass is 427 g/mol. The number of fused-ring (bicyclic) bond motifs is 1. The maximum atomic E-state index is 13.4. The highest BCUT2D eigenvalue weighted by atomic mass is 32.1. The number of aromatic hydroxyl groups is 2. The molecule has 0 aliphatic heterocycles. The Bertz CT molecular complexity index is 1410. The van der Waals surface area contributed by atoms with E-state index < -0.39 is 0 Å². The first-order valence-electron chi connectivity index (χ1n) is 9.62. The second kappa shape index (κ2) is 7.41. The predicted molar refractivity (Wildman–Crippen MR) is 121 cm³/mol. The average molecular weight is 427 g/mol. The van der Waals surface area contributed by atoms with Gasteiger partial charge in [-0.05, 0) is 42.8 Å². The van der Waals surface area contributed by atoms with E-state index in [9.17, 15) is 15.0 Å². The van der Waals surface area contributed by atoms with Crippen LogP contribution in [0.1, 0.15) is 20.8 Å². The van der Waals surface area contributed by atoms with E-state index in [0.29, 0.717) is 21.9 Å². The zero-order chi connectivity index (χ0) is 21.5. The lowest BCUT2D eigenvalue weighted by Gasteiger charge is -2.06. The molecule has 6 heteroatoms. The van der Waals surface area contributed by atoms with E-state index in [1.54, 1.807) is 12.1 Å². The number of hydrogen-bond acceptors (Lipinski definition) is 6. The summed E-state index contributed by atoms with van der Waals surface area (Å²) < 4.78 is 6.09. The zero-order valence-corrected chi connectivity index (χ0v) is 17.3. The Morgan fingerprint density at radius 2 is 1.65 bits per heavy atom. The highest BCUT2D eigenvalue weighted by Gasteiger charge is 2.21. The number of thiophene rings is 1. The van der Waals surface area contributed by atoms with Crippen LogP contribution in [0.25, 0.3) is 32.7 Å². The number of aryl methyl sites for hydroxylation is 1. The van der Waals surface area contributed by atoms with Crippen LogP contribution >= 0.6 is 11.3 Å². The van der Waals surface area contributed by atoms with E-state index in [2.05, 4.69) is 4.98 Å². The van der Waals surface area contributed by atoms with Crippen molar-refractivity contribution in [3.8, 4) is 34.2 Å². The molecule has 5 rings (SSSR count). The topological polar surface area (TPSA) is 83.6 Å². The van der Waals surface area contributed by atoms with Crippen LogP contribution in [0.3, 0.4) is 0 Å². The van der Waals surface area contributed by atoms with Crippen LogP contribution < -0.4 is 0 Å². The second-order valence-corrected chi connectivity index (χ2v) is 8.32. The fourth-order valence-corrected chi connectivity index (χ4v) is 4.77. The summed E-state index contributed by atoms with van der Waals surface area (Å²) in [6.07, 6.45) is 1.18. The van der Waals surface area contributed by atoms with Crippen LogP contribution in [0.15, 0.2) is 77.4 Å². The molecular formula is C25H17NO4S. The summed E-state index contributed by atoms with van der Waals surface area (Å²) in [5, 5.41) is 20.3. The van der Waals surface area contributed by atoms with Crippen LogP contribution in [0, 0.1) is 6.92 Å². The lowest BCUT2D eigenvalue weighted by molar-refractivity contribution is 0.104. The molecule has 0 atom stereocenters. The fraction of sp³-hybridized carbons (Fsp3) is 0.0400. The number of oxazole rings is 1. The molecule has 0 radical (unpaired) electrons. The number of phenols is 1. The molecule has 5 aromatic rings. The molecule has 0 fully saturated rings. The maximum absolute atomic E-state index is 13.4. The molecule has 0 aliphatic carbocycles. The van der Waals surface area contributed by atoms with E-state index >= 15 is 0 Å². The second-order valence-electron chi connectivity index (χ2n) is 7.27. The van der Waals surface area contributed by atoms with Crippen molar-refractivity contribution in [3.63, 3.8) is 0 Å². The van der Waals surface area contributed by atoms with Gasteiger partial charge in [0.15, 0.2) is 6.26 Å². The summed E-state index contributed by atoms with van der Waals surface area (Å²) in [5.41, 5.74) is 4.12. The molecule has 152 valence electrons. The standard InChI is InChI=1S/C25H17NO4S/c1-14-2-4-16(5-3-14)23(29)24-22(19-11-10-18(27)12-20(19)31-24)15-6-8-17(9-7-15)25-26-21(28)13-30-25/h2-13,27-28H,1H3.